The zero-order chi connectivity index (χ0) is 15.9. The van der Waals surface area contributed by atoms with Gasteiger partial charge in [0.15, 0.2) is 0 Å². The lowest BCUT2D eigenvalue weighted by Gasteiger charge is -2.11. The quantitative estimate of drug-likeness (QED) is 0.579. The molecule has 22 heavy (non-hydrogen) atoms. The predicted octanol–water partition coefficient (Wildman–Crippen LogP) is 5.47. The zero-order valence-electron chi connectivity index (χ0n) is 12.6. The highest BCUT2D eigenvalue weighted by Gasteiger charge is 2.05. The SMILES string of the molecule is CC(C)=CCOc1cc(NC(=S)c2ccccc2)ccc1Cl. The summed E-state index contributed by atoms with van der Waals surface area (Å²) >= 11 is 11.6. The van der Waals surface area contributed by atoms with Crippen LogP contribution in [0.4, 0.5) is 5.69 Å². The van der Waals surface area contributed by atoms with Gasteiger partial charge in [-0.15, -0.1) is 0 Å². The van der Waals surface area contributed by atoms with Crippen molar-refractivity contribution in [2.75, 3.05) is 11.9 Å². The van der Waals surface area contributed by atoms with Crippen LogP contribution in [-0.4, -0.2) is 11.6 Å². The third-order valence-electron chi connectivity index (χ3n) is 2.96. The molecule has 0 amide bonds. The molecule has 4 heteroatoms. The van der Waals surface area contributed by atoms with Gasteiger partial charge in [-0.3, -0.25) is 0 Å². The highest BCUT2D eigenvalue weighted by Crippen LogP contribution is 2.28. The van der Waals surface area contributed by atoms with Crippen molar-refractivity contribution in [3.8, 4) is 5.75 Å². The molecular formula is C18H18ClNOS. The molecule has 0 radical (unpaired) electrons. The number of anilines is 1. The van der Waals surface area contributed by atoms with Crippen molar-refractivity contribution in [3.63, 3.8) is 0 Å². The van der Waals surface area contributed by atoms with Crippen molar-refractivity contribution < 1.29 is 4.74 Å². The number of benzene rings is 2. The van der Waals surface area contributed by atoms with Gasteiger partial charge in [0.25, 0.3) is 0 Å². The lowest BCUT2D eigenvalue weighted by atomic mass is 10.2. The topological polar surface area (TPSA) is 21.3 Å². The first-order valence-electron chi connectivity index (χ1n) is 6.98. The molecule has 0 aliphatic carbocycles. The number of halogens is 1. The fourth-order valence-corrected chi connectivity index (χ4v) is 2.21. The van der Waals surface area contributed by atoms with E-state index in [1.807, 2.05) is 62.4 Å². The summed E-state index contributed by atoms with van der Waals surface area (Å²) in [5.41, 5.74) is 3.03. The Labute approximate surface area is 141 Å². The third-order valence-corrected chi connectivity index (χ3v) is 3.61. The molecule has 0 fully saturated rings. The van der Waals surface area contributed by atoms with E-state index in [0.717, 1.165) is 11.3 Å². The number of hydrogen-bond acceptors (Lipinski definition) is 2. The van der Waals surface area contributed by atoms with Gasteiger partial charge < -0.3 is 10.1 Å². The summed E-state index contributed by atoms with van der Waals surface area (Å²) in [7, 11) is 0. The molecule has 0 aliphatic heterocycles. The van der Waals surface area contributed by atoms with Crippen LogP contribution in [0.2, 0.25) is 5.02 Å². The number of rotatable bonds is 5. The normalized spacial score (nSPS) is 9.95. The van der Waals surface area contributed by atoms with Crippen LogP contribution in [0.3, 0.4) is 0 Å². The summed E-state index contributed by atoms with van der Waals surface area (Å²) in [6.45, 7) is 4.55. The van der Waals surface area contributed by atoms with Crippen LogP contribution in [-0.2, 0) is 0 Å². The van der Waals surface area contributed by atoms with Crippen molar-refractivity contribution in [1.82, 2.24) is 0 Å². The Morgan fingerprint density at radius 2 is 1.91 bits per heavy atom. The number of ether oxygens (including phenoxy) is 1. The Morgan fingerprint density at radius 3 is 2.59 bits per heavy atom. The van der Waals surface area contributed by atoms with Crippen LogP contribution in [0.15, 0.2) is 60.2 Å². The van der Waals surface area contributed by atoms with Crippen LogP contribution in [0, 0.1) is 0 Å². The maximum atomic E-state index is 6.16. The fourth-order valence-electron chi connectivity index (χ4n) is 1.78. The first kappa shape index (κ1) is 16.5. The summed E-state index contributed by atoms with van der Waals surface area (Å²) in [6, 6.07) is 15.4. The molecule has 0 saturated heterocycles. The molecule has 0 saturated carbocycles. The Morgan fingerprint density at radius 1 is 1.18 bits per heavy atom. The van der Waals surface area contributed by atoms with E-state index in [4.69, 9.17) is 28.6 Å². The van der Waals surface area contributed by atoms with Crippen molar-refractivity contribution >= 4 is 34.5 Å². The van der Waals surface area contributed by atoms with Crippen LogP contribution in [0.1, 0.15) is 19.4 Å². The van der Waals surface area contributed by atoms with Crippen LogP contribution < -0.4 is 10.1 Å². The smallest absolute Gasteiger partial charge is 0.140 e. The molecule has 0 heterocycles. The van der Waals surface area contributed by atoms with Gasteiger partial charge in [0.05, 0.1) is 5.02 Å². The van der Waals surface area contributed by atoms with E-state index < -0.39 is 0 Å². The second-order valence-electron chi connectivity index (χ2n) is 5.06. The number of nitrogens with one attached hydrogen (secondary N) is 1. The number of allylic oxidation sites excluding steroid dienone is 1. The van der Waals surface area contributed by atoms with Crippen molar-refractivity contribution in [1.29, 1.82) is 0 Å². The van der Waals surface area contributed by atoms with Gasteiger partial charge in [0, 0.05) is 17.3 Å². The monoisotopic (exact) mass is 331 g/mol. The van der Waals surface area contributed by atoms with Crippen molar-refractivity contribution in [2.45, 2.75) is 13.8 Å². The van der Waals surface area contributed by atoms with Gasteiger partial charge in [-0.2, -0.15) is 0 Å². The van der Waals surface area contributed by atoms with Gasteiger partial charge in [-0.1, -0.05) is 59.7 Å². The summed E-state index contributed by atoms with van der Waals surface area (Å²) in [6.07, 6.45) is 2.00. The highest BCUT2D eigenvalue weighted by atomic mass is 35.5. The minimum Gasteiger partial charge on any atom is -0.488 e. The van der Waals surface area contributed by atoms with Gasteiger partial charge in [0.2, 0.25) is 0 Å². The van der Waals surface area contributed by atoms with E-state index in [-0.39, 0.29) is 0 Å². The van der Waals surface area contributed by atoms with Crippen molar-refractivity contribution in [2.24, 2.45) is 0 Å². The van der Waals surface area contributed by atoms with Gasteiger partial charge in [-0.05, 0) is 32.1 Å². The second kappa shape index (κ2) is 7.97. The second-order valence-corrected chi connectivity index (χ2v) is 5.87. The van der Waals surface area contributed by atoms with Crippen LogP contribution in [0.5, 0.6) is 5.75 Å². The van der Waals surface area contributed by atoms with E-state index in [9.17, 15) is 0 Å². The molecule has 1 N–H and O–H groups in total. The molecular weight excluding hydrogens is 314 g/mol. The standard InChI is InChI=1S/C18H18ClNOS/c1-13(2)10-11-21-17-12-15(8-9-16(17)19)20-18(22)14-6-4-3-5-7-14/h3-10,12H,11H2,1-2H3,(H,20,22). The molecule has 0 bridgehead atoms. The van der Waals surface area contributed by atoms with E-state index in [1.165, 1.54) is 5.57 Å². The highest BCUT2D eigenvalue weighted by molar-refractivity contribution is 7.81. The largest absolute Gasteiger partial charge is 0.488 e. The molecule has 2 nitrogen and oxygen atoms in total. The third kappa shape index (κ3) is 4.86. The maximum absolute atomic E-state index is 6.16. The molecule has 0 spiro atoms. The lowest BCUT2D eigenvalue weighted by Crippen LogP contribution is -2.10. The molecule has 0 unspecified atom stereocenters. The molecule has 2 aromatic carbocycles. The summed E-state index contributed by atoms with van der Waals surface area (Å²) in [5, 5.41) is 3.78. The molecule has 2 rings (SSSR count). The fraction of sp³-hybridized carbons (Fsp3) is 0.167. The molecule has 114 valence electrons. The summed E-state index contributed by atoms with van der Waals surface area (Å²) < 4.78 is 5.68. The average molecular weight is 332 g/mol. The number of hydrogen-bond donors (Lipinski definition) is 1. The average Bonchev–Trinajstić information content (AvgIpc) is 2.51. The van der Waals surface area contributed by atoms with Gasteiger partial charge in [-0.25, -0.2) is 0 Å². The lowest BCUT2D eigenvalue weighted by molar-refractivity contribution is 0.362. The zero-order valence-corrected chi connectivity index (χ0v) is 14.2. The molecule has 0 aromatic heterocycles. The molecule has 0 aliphatic rings. The molecule has 0 atom stereocenters. The predicted molar refractivity (Wildman–Crippen MR) is 98.1 cm³/mol. The molecule has 2 aromatic rings. The van der Waals surface area contributed by atoms with Gasteiger partial charge in [0.1, 0.15) is 17.3 Å². The van der Waals surface area contributed by atoms with E-state index in [1.54, 1.807) is 6.07 Å². The first-order chi connectivity index (χ1) is 10.6. The minimum absolute atomic E-state index is 0.495. The van der Waals surface area contributed by atoms with E-state index in [0.29, 0.717) is 22.4 Å². The van der Waals surface area contributed by atoms with E-state index in [2.05, 4.69) is 5.32 Å². The summed E-state index contributed by atoms with van der Waals surface area (Å²) in [5.74, 6) is 0.639. The van der Waals surface area contributed by atoms with Crippen molar-refractivity contribution in [3.05, 3.63) is 70.8 Å². The van der Waals surface area contributed by atoms with Crippen LogP contribution >= 0.6 is 23.8 Å². The minimum atomic E-state index is 0.495. The Hall–Kier alpha value is -1.84. The summed E-state index contributed by atoms with van der Waals surface area (Å²) in [4.78, 5) is 0.665. The number of thiocarbonyl (C=S) groups is 1. The Kier molecular flexibility index (Phi) is 5.99. The first-order valence-corrected chi connectivity index (χ1v) is 7.77. The maximum Gasteiger partial charge on any atom is 0.140 e. The van der Waals surface area contributed by atoms with Crippen LogP contribution in [0.25, 0.3) is 0 Å². The Bertz CT molecular complexity index is 679. The Balaban J connectivity index is 2.09. The van der Waals surface area contributed by atoms with Gasteiger partial charge >= 0.3 is 0 Å². The van der Waals surface area contributed by atoms with E-state index >= 15 is 0 Å².